The molecule has 0 heterocycles. The maximum Gasteiger partial charge on any atom is 0.194 e. The fourth-order valence-electron chi connectivity index (χ4n) is 2.55. The topological polar surface area (TPSA) is 26.3 Å². The van der Waals surface area contributed by atoms with Gasteiger partial charge in [-0.05, 0) is 54.3 Å². The molecule has 0 aromatic heterocycles. The Morgan fingerprint density at radius 1 is 0.944 bits per heavy atom. The van der Waals surface area contributed by atoms with Crippen molar-refractivity contribution in [2.75, 3.05) is 7.11 Å². The molecule has 0 aliphatic heterocycles. The molecule has 90 valence electrons. The van der Waals surface area contributed by atoms with Gasteiger partial charge in [-0.2, -0.15) is 0 Å². The minimum Gasteiger partial charge on any atom is -0.497 e. The van der Waals surface area contributed by atoms with Crippen molar-refractivity contribution in [2.45, 2.75) is 13.8 Å². The minimum absolute atomic E-state index is 0.0991. The molecule has 0 fully saturated rings. The molecule has 0 amide bonds. The lowest BCUT2D eigenvalue weighted by atomic mass is 9.97. The second-order valence-corrected chi connectivity index (χ2v) is 4.67. The number of carbonyl (C=O) groups is 1. The van der Waals surface area contributed by atoms with Crippen molar-refractivity contribution >= 4 is 5.78 Å². The van der Waals surface area contributed by atoms with E-state index >= 15 is 0 Å². The number of ketones is 1. The third-order valence-corrected chi connectivity index (χ3v) is 3.72. The lowest BCUT2D eigenvalue weighted by Crippen LogP contribution is -1.96. The highest BCUT2D eigenvalue weighted by molar-refractivity contribution is 6.22. The van der Waals surface area contributed by atoms with Crippen LogP contribution in [0.1, 0.15) is 27.0 Å². The van der Waals surface area contributed by atoms with Crippen LogP contribution in [0.25, 0.3) is 11.1 Å². The van der Waals surface area contributed by atoms with E-state index < -0.39 is 0 Å². The Hall–Kier alpha value is -2.09. The van der Waals surface area contributed by atoms with E-state index in [9.17, 15) is 4.79 Å². The number of aryl methyl sites for hydroxylation is 1. The van der Waals surface area contributed by atoms with Crippen molar-refractivity contribution in [3.63, 3.8) is 0 Å². The van der Waals surface area contributed by atoms with Crippen LogP contribution in [-0.2, 0) is 0 Å². The molecule has 0 radical (unpaired) electrons. The van der Waals surface area contributed by atoms with Gasteiger partial charge in [-0.1, -0.05) is 12.1 Å². The zero-order chi connectivity index (χ0) is 12.9. The molecule has 0 N–H and O–H groups in total. The molecule has 3 rings (SSSR count). The first kappa shape index (κ1) is 11.0. The average Bonchev–Trinajstić information content (AvgIpc) is 2.67. The third-order valence-electron chi connectivity index (χ3n) is 3.72. The van der Waals surface area contributed by atoms with Crippen LogP contribution in [0.4, 0.5) is 0 Å². The van der Waals surface area contributed by atoms with Crippen LogP contribution in [0.5, 0.6) is 5.75 Å². The zero-order valence-electron chi connectivity index (χ0n) is 10.7. The summed E-state index contributed by atoms with van der Waals surface area (Å²) < 4.78 is 5.19. The molecule has 0 unspecified atom stereocenters. The first-order valence-corrected chi connectivity index (χ1v) is 5.97. The van der Waals surface area contributed by atoms with Gasteiger partial charge in [0.1, 0.15) is 5.75 Å². The Bertz CT molecular complexity index is 669. The van der Waals surface area contributed by atoms with Crippen molar-refractivity contribution in [1.29, 1.82) is 0 Å². The fraction of sp³-hybridized carbons (Fsp3) is 0.188. The summed E-state index contributed by atoms with van der Waals surface area (Å²) in [6, 6.07) is 9.64. The molecule has 18 heavy (non-hydrogen) atoms. The standard InChI is InChI=1S/C16H14O2/c1-9-4-6-13-15(10(9)2)12-7-5-11(18-3)8-14(12)16(13)17/h4-8H,1-3H3. The molecule has 0 atom stereocenters. The Labute approximate surface area is 106 Å². The van der Waals surface area contributed by atoms with Crippen LogP contribution >= 0.6 is 0 Å². The van der Waals surface area contributed by atoms with Crippen LogP contribution in [0.2, 0.25) is 0 Å². The number of rotatable bonds is 1. The second kappa shape index (κ2) is 3.70. The van der Waals surface area contributed by atoms with Gasteiger partial charge in [-0.15, -0.1) is 0 Å². The molecular weight excluding hydrogens is 224 g/mol. The minimum atomic E-state index is 0.0991. The van der Waals surface area contributed by atoms with Crippen LogP contribution in [0.3, 0.4) is 0 Å². The summed E-state index contributed by atoms with van der Waals surface area (Å²) in [5.41, 5.74) is 6.06. The largest absolute Gasteiger partial charge is 0.497 e. The number of hydrogen-bond donors (Lipinski definition) is 0. The van der Waals surface area contributed by atoms with Gasteiger partial charge >= 0.3 is 0 Å². The Kier molecular flexibility index (Phi) is 2.27. The lowest BCUT2D eigenvalue weighted by Gasteiger charge is -2.08. The van der Waals surface area contributed by atoms with Gasteiger partial charge in [0.25, 0.3) is 0 Å². The summed E-state index contributed by atoms with van der Waals surface area (Å²) >= 11 is 0. The van der Waals surface area contributed by atoms with Crippen molar-refractivity contribution in [3.05, 3.63) is 52.6 Å². The Balaban J connectivity index is 2.33. The van der Waals surface area contributed by atoms with Gasteiger partial charge < -0.3 is 4.74 Å². The zero-order valence-corrected chi connectivity index (χ0v) is 10.7. The van der Waals surface area contributed by atoms with E-state index in [1.165, 1.54) is 11.1 Å². The first-order valence-electron chi connectivity index (χ1n) is 5.97. The highest BCUT2D eigenvalue weighted by Gasteiger charge is 2.28. The number of carbonyl (C=O) groups excluding carboxylic acids is 1. The van der Waals surface area contributed by atoms with E-state index in [4.69, 9.17) is 4.74 Å². The second-order valence-electron chi connectivity index (χ2n) is 4.67. The SMILES string of the molecule is COc1ccc2c(c1)C(=O)c1ccc(C)c(C)c1-2. The van der Waals surface area contributed by atoms with Crippen LogP contribution in [0.15, 0.2) is 30.3 Å². The predicted molar refractivity (Wildman–Crippen MR) is 71.3 cm³/mol. The van der Waals surface area contributed by atoms with E-state index in [1.54, 1.807) is 7.11 Å². The van der Waals surface area contributed by atoms with Gasteiger partial charge in [-0.3, -0.25) is 4.79 Å². The first-order chi connectivity index (χ1) is 8.63. The van der Waals surface area contributed by atoms with Crippen molar-refractivity contribution in [3.8, 4) is 16.9 Å². The van der Waals surface area contributed by atoms with Crippen LogP contribution < -0.4 is 4.74 Å². The predicted octanol–water partition coefficient (Wildman–Crippen LogP) is 3.52. The number of ether oxygens (including phenoxy) is 1. The monoisotopic (exact) mass is 238 g/mol. The number of methoxy groups -OCH3 is 1. The summed E-state index contributed by atoms with van der Waals surface area (Å²) in [5.74, 6) is 0.825. The Morgan fingerprint density at radius 2 is 1.67 bits per heavy atom. The molecule has 2 heteroatoms. The maximum absolute atomic E-state index is 12.4. The molecular formula is C16H14O2. The van der Waals surface area contributed by atoms with E-state index in [0.29, 0.717) is 0 Å². The summed E-state index contributed by atoms with van der Waals surface area (Å²) in [7, 11) is 1.61. The van der Waals surface area contributed by atoms with Crippen molar-refractivity contribution in [2.24, 2.45) is 0 Å². The molecule has 2 aromatic rings. The van der Waals surface area contributed by atoms with E-state index in [1.807, 2.05) is 30.3 Å². The van der Waals surface area contributed by atoms with Gasteiger partial charge in [0, 0.05) is 11.1 Å². The van der Waals surface area contributed by atoms with Gasteiger partial charge in [-0.25, -0.2) is 0 Å². The summed E-state index contributed by atoms with van der Waals surface area (Å²) in [4.78, 5) is 12.4. The van der Waals surface area contributed by atoms with Crippen molar-refractivity contribution in [1.82, 2.24) is 0 Å². The summed E-state index contributed by atoms with van der Waals surface area (Å²) in [5, 5.41) is 0. The maximum atomic E-state index is 12.4. The average molecular weight is 238 g/mol. The molecule has 2 aromatic carbocycles. The van der Waals surface area contributed by atoms with E-state index in [-0.39, 0.29) is 5.78 Å². The molecule has 0 bridgehead atoms. The van der Waals surface area contributed by atoms with E-state index in [2.05, 4.69) is 13.8 Å². The summed E-state index contributed by atoms with van der Waals surface area (Å²) in [6.45, 7) is 4.14. The highest BCUT2D eigenvalue weighted by atomic mass is 16.5. The molecule has 2 nitrogen and oxygen atoms in total. The Morgan fingerprint density at radius 3 is 2.39 bits per heavy atom. The van der Waals surface area contributed by atoms with Crippen molar-refractivity contribution < 1.29 is 9.53 Å². The smallest absolute Gasteiger partial charge is 0.194 e. The third kappa shape index (κ3) is 1.32. The highest BCUT2D eigenvalue weighted by Crippen LogP contribution is 2.41. The lowest BCUT2D eigenvalue weighted by molar-refractivity contribution is 0.104. The van der Waals surface area contributed by atoms with Crippen LogP contribution in [-0.4, -0.2) is 12.9 Å². The van der Waals surface area contributed by atoms with E-state index in [0.717, 1.165) is 28.0 Å². The molecule has 0 saturated heterocycles. The fourth-order valence-corrected chi connectivity index (χ4v) is 2.55. The van der Waals surface area contributed by atoms with Gasteiger partial charge in [0.05, 0.1) is 7.11 Å². The summed E-state index contributed by atoms with van der Waals surface area (Å²) in [6.07, 6.45) is 0. The molecule has 0 saturated carbocycles. The normalized spacial score (nSPS) is 12.3. The molecule has 0 spiro atoms. The number of benzene rings is 2. The number of hydrogen-bond acceptors (Lipinski definition) is 2. The van der Waals surface area contributed by atoms with Crippen LogP contribution in [0, 0.1) is 13.8 Å². The quantitative estimate of drug-likeness (QED) is 0.648. The van der Waals surface area contributed by atoms with Gasteiger partial charge in [0.2, 0.25) is 0 Å². The van der Waals surface area contributed by atoms with Gasteiger partial charge in [0.15, 0.2) is 5.78 Å². The molecule has 1 aliphatic carbocycles. The number of fused-ring (bicyclic) bond motifs is 3. The molecule has 1 aliphatic rings.